The van der Waals surface area contributed by atoms with Crippen LogP contribution in [0.3, 0.4) is 0 Å². The summed E-state index contributed by atoms with van der Waals surface area (Å²) in [4.78, 5) is -6.84. The Morgan fingerprint density at radius 1 is 0.571 bits per heavy atom. The van der Waals surface area contributed by atoms with Crippen LogP contribution < -0.4 is 18.9 Å². The summed E-state index contributed by atoms with van der Waals surface area (Å²) in [5, 5.41) is 0. The lowest BCUT2D eigenvalue weighted by Crippen LogP contribution is -2.21. The Bertz CT molecular complexity index is 2230. The first-order valence-electron chi connectivity index (χ1n) is 13.0. The number of alkyl halides is 6. The zero-order valence-electron chi connectivity index (χ0n) is 23.5. The van der Waals surface area contributed by atoms with E-state index in [9.17, 15) is 60.4 Å². The van der Waals surface area contributed by atoms with Gasteiger partial charge in [0.1, 0.15) is 54.2 Å². The molecule has 2 heterocycles. The van der Waals surface area contributed by atoms with Crippen molar-refractivity contribution >= 4 is 29.5 Å². The smallest absolute Gasteiger partial charge is 0.422 e. The second-order valence-corrected chi connectivity index (χ2v) is 15.8. The summed E-state index contributed by atoms with van der Waals surface area (Å²) in [5.41, 5.74) is 0. The molecule has 4 aromatic rings. The average molecular weight is 759 g/mol. The molecule has 49 heavy (non-hydrogen) atoms. The van der Waals surface area contributed by atoms with Gasteiger partial charge in [0, 0.05) is 24.3 Å². The van der Waals surface area contributed by atoms with Gasteiger partial charge in [-0.05, 0) is 36.4 Å². The Kier molecular flexibility index (Phi) is 7.83. The van der Waals surface area contributed by atoms with E-state index >= 15 is 0 Å². The van der Waals surface area contributed by atoms with Gasteiger partial charge in [-0.1, -0.05) is 0 Å². The average Bonchev–Trinajstić information content (AvgIpc) is 2.96. The molecule has 0 saturated carbocycles. The lowest BCUT2D eigenvalue weighted by Gasteiger charge is -2.25. The predicted octanol–water partition coefficient (Wildman–Crippen LogP) is 6.56. The molecule has 0 amide bonds. The number of hydrogen-bond acceptors (Lipinski definition) is 10. The van der Waals surface area contributed by atoms with Crippen LogP contribution in [-0.2, 0) is 29.5 Å². The SMILES string of the molecule is O=S(=O)(c1cc(F)cc2c1S(=O)(=O)c1ccc(OCC(F)(F)F)cc1O2)c1cc(F)cc2c1S(=O)(=O)c1ccc(OCC(F)(F)F)cc1O2. The fourth-order valence-corrected chi connectivity index (χ4v) is 10.7. The lowest BCUT2D eigenvalue weighted by atomic mass is 10.3. The highest BCUT2D eigenvalue weighted by Crippen LogP contribution is 2.51. The van der Waals surface area contributed by atoms with Gasteiger partial charge < -0.3 is 18.9 Å². The summed E-state index contributed by atoms with van der Waals surface area (Å²) in [6.45, 7) is -3.54. The first kappa shape index (κ1) is 34.2. The van der Waals surface area contributed by atoms with Crippen molar-refractivity contribution in [3.05, 3.63) is 72.3 Å². The zero-order valence-corrected chi connectivity index (χ0v) is 26.0. The summed E-state index contributed by atoms with van der Waals surface area (Å²) < 4.78 is 209. The van der Waals surface area contributed by atoms with E-state index in [1.807, 2.05) is 0 Å². The van der Waals surface area contributed by atoms with Crippen LogP contribution in [-0.4, -0.2) is 50.8 Å². The van der Waals surface area contributed by atoms with Gasteiger partial charge in [0.15, 0.2) is 24.7 Å². The quantitative estimate of drug-likeness (QED) is 0.136. The van der Waals surface area contributed by atoms with Gasteiger partial charge >= 0.3 is 12.4 Å². The van der Waals surface area contributed by atoms with E-state index in [1.54, 1.807) is 0 Å². The number of sulfone groups is 3. The largest absolute Gasteiger partial charge is 0.484 e. The predicted molar refractivity (Wildman–Crippen MR) is 145 cm³/mol. The fraction of sp³-hybridized carbons (Fsp3) is 0.143. The third-order valence-corrected chi connectivity index (χ3v) is 12.6. The van der Waals surface area contributed by atoms with Gasteiger partial charge in [-0.25, -0.2) is 34.0 Å². The highest BCUT2D eigenvalue weighted by Gasteiger charge is 2.44. The number of hydrogen-bond donors (Lipinski definition) is 0. The molecule has 0 unspecified atom stereocenters. The molecular weight excluding hydrogens is 744 g/mol. The molecule has 2 aliphatic heterocycles. The van der Waals surface area contributed by atoms with Crippen molar-refractivity contribution in [2.45, 2.75) is 41.7 Å². The van der Waals surface area contributed by atoms with Crippen molar-refractivity contribution in [1.29, 1.82) is 0 Å². The van der Waals surface area contributed by atoms with E-state index in [0.717, 1.165) is 36.4 Å². The van der Waals surface area contributed by atoms with Crippen LogP contribution in [0.1, 0.15) is 0 Å². The van der Waals surface area contributed by atoms with Gasteiger partial charge in [0.2, 0.25) is 29.5 Å². The fourth-order valence-electron chi connectivity index (χ4n) is 4.84. The molecule has 0 radical (unpaired) electrons. The second kappa shape index (κ2) is 11.2. The normalized spacial score (nSPS) is 15.8. The minimum absolute atomic E-state index is 0.201. The molecule has 0 fully saturated rings. The Hall–Kier alpha value is -4.63. The van der Waals surface area contributed by atoms with Crippen LogP contribution in [0.4, 0.5) is 35.1 Å². The molecule has 0 aliphatic carbocycles. The molecule has 0 bridgehead atoms. The van der Waals surface area contributed by atoms with Crippen molar-refractivity contribution in [3.63, 3.8) is 0 Å². The third kappa shape index (κ3) is 6.21. The van der Waals surface area contributed by atoms with Crippen LogP contribution in [0, 0.1) is 11.6 Å². The summed E-state index contributed by atoms with van der Waals surface area (Å²) in [7, 11) is -15.7. The molecule has 10 nitrogen and oxygen atoms in total. The van der Waals surface area contributed by atoms with Gasteiger partial charge in [-0.3, -0.25) is 0 Å². The van der Waals surface area contributed by atoms with Gasteiger partial charge in [0.05, 0.1) is 9.79 Å². The number of fused-ring (bicyclic) bond motifs is 4. The summed E-state index contributed by atoms with van der Waals surface area (Å²) in [6, 6.07) is 5.79. The number of rotatable bonds is 6. The highest BCUT2D eigenvalue weighted by atomic mass is 32.2. The number of benzene rings is 4. The Labute approximate surface area is 270 Å². The Balaban J connectivity index is 1.47. The maximum Gasteiger partial charge on any atom is 0.422 e. The van der Waals surface area contributed by atoms with Crippen LogP contribution in [0.15, 0.2) is 90.0 Å². The van der Waals surface area contributed by atoms with Crippen LogP contribution in [0.5, 0.6) is 34.5 Å². The molecule has 4 aromatic carbocycles. The van der Waals surface area contributed by atoms with Crippen LogP contribution in [0.2, 0.25) is 0 Å². The Morgan fingerprint density at radius 3 is 1.29 bits per heavy atom. The first-order valence-corrected chi connectivity index (χ1v) is 17.5. The number of ether oxygens (including phenoxy) is 4. The van der Waals surface area contributed by atoms with E-state index in [0.29, 0.717) is 12.1 Å². The van der Waals surface area contributed by atoms with Crippen molar-refractivity contribution in [3.8, 4) is 34.5 Å². The van der Waals surface area contributed by atoms with Crippen LogP contribution >= 0.6 is 0 Å². The highest BCUT2D eigenvalue weighted by molar-refractivity contribution is 7.96. The van der Waals surface area contributed by atoms with E-state index in [4.69, 9.17) is 9.47 Å². The molecule has 2 aliphatic rings. The van der Waals surface area contributed by atoms with E-state index < -0.39 is 131 Å². The molecule has 21 heteroatoms. The van der Waals surface area contributed by atoms with E-state index in [1.165, 1.54) is 0 Å². The zero-order chi connectivity index (χ0) is 35.9. The topological polar surface area (TPSA) is 139 Å². The van der Waals surface area contributed by atoms with Crippen molar-refractivity contribution in [2.24, 2.45) is 0 Å². The molecule has 0 spiro atoms. The first-order chi connectivity index (χ1) is 22.6. The van der Waals surface area contributed by atoms with E-state index in [2.05, 4.69) is 9.47 Å². The molecule has 0 saturated heterocycles. The standard InChI is InChI=1S/C28H14F8O10S3/c29-13-5-19-25(48(39,40)21-3-1-15(9-17(21)45-19)43-11-27(31,32)33)23(7-13)47(37,38)24-8-14(30)6-20-26(24)49(41,42)22-4-2-16(10-18(22)46-20)44-12-28(34,35)36/h1-10H,11-12H2. The van der Waals surface area contributed by atoms with Gasteiger partial charge in [-0.15, -0.1) is 0 Å². The lowest BCUT2D eigenvalue weighted by molar-refractivity contribution is -0.154. The third-order valence-electron chi connectivity index (χ3n) is 6.74. The van der Waals surface area contributed by atoms with Crippen molar-refractivity contribution in [1.82, 2.24) is 0 Å². The summed E-state index contributed by atoms with van der Waals surface area (Å²) >= 11 is 0. The van der Waals surface area contributed by atoms with Crippen molar-refractivity contribution in [2.75, 3.05) is 13.2 Å². The minimum atomic E-state index is -5.58. The summed E-state index contributed by atoms with van der Waals surface area (Å²) in [6.07, 6.45) is -9.54. The Morgan fingerprint density at radius 2 is 0.939 bits per heavy atom. The summed E-state index contributed by atoms with van der Waals surface area (Å²) in [5.74, 6) is -7.21. The second-order valence-electron chi connectivity index (χ2n) is 10.2. The maximum atomic E-state index is 14.9. The molecule has 0 atom stereocenters. The minimum Gasteiger partial charge on any atom is -0.484 e. The molecule has 0 aromatic heterocycles. The monoisotopic (exact) mass is 758 g/mol. The van der Waals surface area contributed by atoms with Crippen LogP contribution in [0.25, 0.3) is 0 Å². The van der Waals surface area contributed by atoms with Gasteiger partial charge in [-0.2, -0.15) is 26.3 Å². The van der Waals surface area contributed by atoms with Gasteiger partial charge in [0.25, 0.3) is 0 Å². The molecule has 0 N–H and O–H groups in total. The molecule has 260 valence electrons. The molecular formula is C28H14F8O10S3. The molecule has 6 rings (SSSR count). The van der Waals surface area contributed by atoms with Crippen molar-refractivity contribution < 1.29 is 79.3 Å². The maximum absolute atomic E-state index is 14.9. The number of halogens is 8. The van der Waals surface area contributed by atoms with E-state index in [-0.39, 0.29) is 12.1 Å².